The summed E-state index contributed by atoms with van der Waals surface area (Å²) in [5, 5.41) is 23.6. The molecule has 7 heteroatoms. The van der Waals surface area contributed by atoms with Crippen molar-refractivity contribution >= 4 is 0 Å². The number of aromatic nitrogens is 2. The van der Waals surface area contributed by atoms with Crippen LogP contribution in [0, 0.1) is 17.7 Å². The molecule has 6 nitrogen and oxygen atoms in total. The molecule has 2 aromatic rings. The predicted octanol–water partition coefficient (Wildman–Crippen LogP) is 1.49. The van der Waals surface area contributed by atoms with Crippen LogP contribution in [-0.2, 0) is 24.1 Å². The van der Waals surface area contributed by atoms with Gasteiger partial charge in [-0.15, -0.1) is 0 Å². The zero-order valence-electron chi connectivity index (χ0n) is 16.1. The molecule has 0 amide bonds. The smallest absolute Gasteiger partial charge is 0.130 e. The second-order valence-electron chi connectivity index (χ2n) is 7.30. The first-order valence-corrected chi connectivity index (χ1v) is 9.67. The molecule has 0 saturated heterocycles. The van der Waals surface area contributed by atoms with Crippen molar-refractivity contribution in [3.8, 4) is 0 Å². The number of hydrogen-bond acceptors (Lipinski definition) is 6. The summed E-state index contributed by atoms with van der Waals surface area (Å²) in [4.78, 5) is 8.86. The minimum atomic E-state index is -0.595. The Morgan fingerprint density at radius 2 is 2.07 bits per heavy atom. The summed E-state index contributed by atoms with van der Waals surface area (Å²) in [5.41, 5.74) is 1.46. The van der Waals surface area contributed by atoms with Crippen LogP contribution in [-0.4, -0.2) is 52.7 Å². The maximum Gasteiger partial charge on any atom is 0.130 e. The molecule has 1 aliphatic rings. The first-order valence-electron chi connectivity index (χ1n) is 9.67. The zero-order valence-corrected chi connectivity index (χ0v) is 16.1. The number of methoxy groups -OCH3 is 1. The van der Waals surface area contributed by atoms with Gasteiger partial charge in [0.1, 0.15) is 11.6 Å². The minimum Gasteiger partial charge on any atom is -0.396 e. The average Bonchev–Trinajstić information content (AvgIpc) is 3.00. The molecular formula is C21H28FN3O3. The Balaban J connectivity index is 1.70. The lowest BCUT2D eigenvalue weighted by Gasteiger charge is -2.25. The molecule has 4 atom stereocenters. The lowest BCUT2D eigenvalue weighted by molar-refractivity contribution is 0.0716. The third kappa shape index (κ3) is 5.11. The molecule has 28 heavy (non-hydrogen) atoms. The molecule has 152 valence electrons. The maximum atomic E-state index is 13.9. The van der Waals surface area contributed by atoms with Crippen molar-refractivity contribution in [2.24, 2.45) is 11.8 Å². The van der Waals surface area contributed by atoms with Crippen LogP contribution in [0.15, 0.2) is 36.5 Å². The average molecular weight is 389 g/mol. The number of benzene rings is 1. The summed E-state index contributed by atoms with van der Waals surface area (Å²) < 4.78 is 19.0. The third-order valence-electron chi connectivity index (χ3n) is 5.52. The summed E-state index contributed by atoms with van der Waals surface area (Å²) in [6, 6.07) is 8.49. The van der Waals surface area contributed by atoms with E-state index in [2.05, 4.69) is 15.3 Å². The standard InChI is InChI=1S/C21H28FN3O3/c1-28-9-7-21-23-8-6-15(25-21)10-16-17(13-26)20(27)11-19(16)24-12-14-4-2-3-5-18(14)22/h2-6,8,16-17,19-20,24,26-27H,7,9-13H2,1H3. The Morgan fingerprint density at radius 1 is 1.25 bits per heavy atom. The van der Waals surface area contributed by atoms with Gasteiger partial charge in [-0.2, -0.15) is 0 Å². The molecule has 0 spiro atoms. The van der Waals surface area contributed by atoms with E-state index in [1.54, 1.807) is 31.5 Å². The van der Waals surface area contributed by atoms with Crippen molar-refractivity contribution in [3.63, 3.8) is 0 Å². The fraction of sp³-hybridized carbons (Fsp3) is 0.524. The Morgan fingerprint density at radius 3 is 2.82 bits per heavy atom. The first-order chi connectivity index (χ1) is 13.6. The summed E-state index contributed by atoms with van der Waals surface area (Å²) in [7, 11) is 1.64. The fourth-order valence-electron chi connectivity index (χ4n) is 3.97. The largest absolute Gasteiger partial charge is 0.396 e. The molecule has 1 fully saturated rings. The topological polar surface area (TPSA) is 87.5 Å². The Bertz CT molecular complexity index is 761. The van der Waals surface area contributed by atoms with E-state index in [0.29, 0.717) is 43.8 Å². The quantitative estimate of drug-likeness (QED) is 0.602. The second-order valence-corrected chi connectivity index (χ2v) is 7.30. The highest BCUT2D eigenvalue weighted by Crippen LogP contribution is 2.35. The molecule has 0 aliphatic heterocycles. The predicted molar refractivity (Wildman–Crippen MR) is 103 cm³/mol. The Labute approximate surface area is 164 Å². The summed E-state index contributed by atoms with van der Waals surface area (Å²) in [6.07, 6.45) is 2.90. The highest BCUT2D eigenvalue weighted by atomic mass is 19.1. The van der Waals surface area contributed by atoms with Crippen LogP contribution in [0.3, 0.4) is 0 Å². The van der Waals surface area contributed by atoms with Gasteiger partial charge in [0.15, 0.2) is 0 Å². The van der Waals surface area contributed by atoms with Crippen LogP contribution in [0.1, 0.15) is 23.5 Å². The van der Waals surface area contributed by atoms with Crippen LogP contribution in [0.5, 0.6) is 0 Å². The van der Waals surface area contributed by atoms with E-state index >= 15 is 0 Å². The highest BCUT2D eigenvalue weighted by molar-refractivity contribution is 5.17. The molecule has 0 radical (unpaired) electrons. The molecule has 1 aromatic carbocycles. The van der Waals surface area contributed by atoms with Gasteiger partial charge >= 0.3 is 0 Å². The van der Waals surface area contributed by atoms with Gasteiger partial charge in [0.25, 0.3) is 0 Å². The second kappa shape index (κ2) is 10.0. The molecule has 4 unspecified atom stereocenters. The molecule has 3 N–H and O–H groups in total. The maximum absolute atomic E-state index is 13.9. The number of halogens is 1. The van der Waals surface area contributed by atoms with Gasteiger partial charge in [-0.25, -0.2) is 14.4 Å². The third-order valence-corrected chi connectivity index (χ3v) is 5.52. The number of rotatable bonds is 9. The SMILES string of the molecule is COCCc1nccc(CC2C(NCc3ccccc3F)CC(O)C2CO)n1. The highest BCUT2D eigenvalue weighted by Gasteiger charge is 2.42. The van der Waals surface area contributed by atoms with Crippen molar-refractivity contribution < 1.29 is 19.3 Å². The number of ether oxygens (including phenoxy) is 1. The van der Waals surface area contributed by atoms with Crippen molar-refractivity contribution in [3.05, 3.63) is 59.4 Å². The van der Waals surface area contributed by atoms with E-state index in [-0.39, 0.29) is 30.3 Å². The summed E-state index contributed by atoms with van der Waals surface area (Å²) in [5.74, 6) is 0.226. The molecule has 1 aliphatic carbocycles. The van der Waals surface area contributed by atoms with E-state index < -0.39 is 6.10 Å². The van der Waals surface area contributed by atoms with E-state index in [9.17, 15) is 14.6 Å². The van der Waals surface area contributed by atoms with Gasteiger partial charge in [0, 0.05) is 56.1 Å². The molecule has 1 heterocycles. The molecule has 3 rings (SSSR count). The monoisotopic (exact) mass is 389 g/mol. The van der Waals surface area contributed by atoms with Crippen LogP contribution in [0.25, 0.3) is 0 Å². The lowest BCUT2D eigenvalue weighted by Crippen LogP contribution is -2.36. The molecule has 1 aromatic heterocycles. The van der Waals surface area contributed by atoms with Gasteiger partial charge < -0.3 is 20.3 Å². The minimum absolute atomic E-state index is 0.00283. The van der Waals surface area contributed by atoms with Gasteiger partial charge in [-0.3, -0.25) is 0 Å². The van der Waals surface area contributed by atoms with E-state index in [1.165, 1.54) is 6.07 Å². The number of aliphatic hydroxyl groups is 2. The zero-order chi connectivity index (χ0) is 19.9. The lowest BCUT2D eigenvalue weighted by atomic mass is 9.88. The number of aliphatic hydroxyl groups excluding tert-OH is 2. The molecule has 1 saturated carbocycles. The fourth-order valence-corrected chi connectivity index (χ4v) is 3.97. The molecular weight excluding hydrogens is 361 g/mol. The van der Waals surface area contributed by atoms with Crippen molar-refractivity contribution in [2.75, 3.05) is 20.3 Å². The van der Waals surface area contributed by atoms with Gasteiger partial charge in [0.05, 0.1) is 12.7 Å². The van der Waals surface area contributed by atoms with Gasteiger partial charge in [-0.05, 0) is 30.9 Å². The normalized spacial score (nSPS) is 24.6. The van der Waals surface area contributed by atoms with E-state index in [1.807, 2.05) is 6.07 Å². The number of nitrogens with one attached hydrogen (secondary N) is 1. The first kappa shape index (κ1) is 20.8. The Kier molecular flexibility index (Phi) is 7.44. The van der Waals surface area contributed by atoms with Crippen LogP contribution in [0.2, 0.25) is 0 Å². The van der Waals surface area contributed by atoms with Gasteiger partial charge in [0.2, 0.25) is 0 Å². The van der Waals surface area contributed by atoms with E-state index in [0.717, 1.165) is 5.69 Å². The summed E-state index contributed by atoms with van der Waals surface area (Å²) in [6.45, 7) is 0.838. The number of nitrogens with zero attached hydrogens (tertiary/aromatic N) is 2. The van der Waals surface area contributed by atoms with Crippen molar-refractivity contribution in [1.29, 1.82) is 0 Å². The van der Waals surface area contributed by atoms with Crippen LogP contribution >= 0.6 is 0 Å². The number of hydrogen-bond donors (Lipinski definition) is 3. The van der Waals surface area contributed by atoms with Crippen molar-refractivity contribution in [1.82, 2.24) is 15.3 Å². The van der Waals surface area contributed by atoms with Crippen LogP contribution in [0.4, 0.5) is 4.39 Å². The van der Waals surface area contributed by atoms with Gasteiger partial charge in [-0.1, -0.05) is 18.2 Å². The summed E-state index contributed by atoms with van der Waals surface area (Å²) >= 11 is 0. The molecule has 0 bridgehead atoms. The van der Waals surface area contributed by atoms with Crippen molar-refractivity contribution in [2.45, 2.75) is 38.0 Å². The van der Waals surface area contributed by atoms with E-state index in [4.69, 9.17) is 4.74 Å². The van der Waals surface area contributed by atoms with Crippen LogP contribution < -0.4 is 5.32 Å². The Hall–Kier alpha value is -1.93.